The number of primary amides is 1. The van der Waals surface area contributed by atoms with E-state index in [4.69, 9.17) is 5.73 Å². The zero-order valence-electron chi connectivity index (χ0n) is 6.16. The van der Waals surface area contributed by atoms with Crippen molar-refractivity contribution in [1.29, 1.82) is 0 Å². The van der Waals surface area contributed by atoms with Gasteiger partial charge in [-0.2, -0.15) is 0 Å². The van der Waals surface area contributed by atoms with Crippen molar-refractivity contribution in [2.45, 2.75) is 6.17 Å². The molecule has 3 nitrogen and oxygen atoms in total. The van der Waals surface area contributed by atoms with E-state index in [9.17, 15) is 9.18 Å². The van der Waals surface area contributed by atoms with Crippen LogP contribution in [0.5, 0.6) is 0 Å². The monoisotopic (exact) mass is 158 g/mol. The van der Waals surface area contributed by atoms with Gasteiger partial charge in [0.25, 0.3) is 0 Å². The van der Waals surface area contributed by atoms with Crippen LogP contribution in [0.3, 0.4) is 0 Å². The molecule has 1 rings (SSSR count). The van der Waals surface area contributed by atoms with E-state index < -0.39 is 12.1 Å². The minimum Gasteiger partial charge on any atom is -0.366 e. The molecule has 2 N–H and O–H groups in total. The van der Waals surface area contributed by atoms with E-state index >= 15 is 0 Å². The van der Waals surface area contributed by atoms with Gasteiger partial charge in [-0.05, 0) is 6.08 Å². The Morgan fingerprint density at radius 1 is 1.73 bits per heavy atom. The zero-order valence-corrected chi connectivity index (χ0v) is 6.16. The SMILES string of the molecule is NC(=O)/C=C/CN1CC(F)C1. The van der Waals surface area contributed by atoms with Crippen molar-refractivity contribution in [1.82, 2.24) is 4.90 Å². The first-order valence-electron chi connectivity index (χ1n) is 3.51. The van der Waals surface area contributed by atoms with Gasteiger partial charge in [-0.3, -0.25) is 9.69 Å². The van der Waals surface area contributed by atoms with Gasteiger partial charge in [0.15, 0.2) is 0 Å². The summed E-state index contributed by atoms with van der Waals surface area (Å²) in [4.78, 5) is 12.1. The van der Waals surface area contributed by atoms with E-state index in [2.05, 4.69) is 0 Å². The molecule has 0 atom stereocenters. The van der Waals surface area contributed by atoms with E-state index in [0.29, 0.717) is 19.6 Å². The van der Waals surface area contributed by atoms with Gasteiger partial charge in [0.05, 0.1) is 0 Å². The Balaban J connectivity index is 2.09. The fraction of sp³-hybridized carbons (Fsp3) is 0.571. The van der Waals surface area contributed by atoms with Crippen molar-refractivity contribution in [2.24, 2.45) is 5.73 Å². The fourth-order valence-electron chi connectivity index (χ4n) is 0.974. The summed E-state index contributed by atoms with van der Waals surface area (Å²) >= 11 is 0. The molecule has 0 aromatic heterocycles. The van der Waals surface area contributed by atoms with Crippen LogP contribution in [0.1, 0.15) is 0 Å². The van der Waals surface area contributed by atoms with Crippen LogP contribution in [0.15, 0.2) is 12.2 Å². The normalized spacial score (nSPS) is 20.5. The number of hydrogen-bond donors (Lipinski definition) is 1. The average molecular weight is 158 g/mol. The predicted molar refractivity (Wildman–Crippen MR) is 39.7 cm³/mol. The van der Waals surface area contributed by atoms with Crippen molar-refractivity contribution in [3.05, 3.63) is 12.2 Å². The lowest BCUT2D eigenvalue weighted by atomic mass is 10.2. The molecule has 11 heavy (non-hydrogen) atoms. The summed E-state index contributed by atoms with van der Waals surface area (Å²) in [5, 5.41) is 0. The molecule has 62 valence electrons. The van der Waals surface area contributed by atoms with Gasteiger partial charge in [-0.15, -0.1) is 0 Å². The van der Waals surface area contributed by atoms with Gasteiger partial charge in [0.1, 0.15) is 6.17 Å². The molecule has 1 aliphatic rings. The second-order valence-electron chi connectivity index (χ2n) is 2.62. The largest absolute Gasteiger partial charge is 0.366 e. The second-order valence-corrected chi connectivity index (χ2v) is 2.62. The van der Waals surface area contributed by atoms with Crippen molar-refractivity contribution >= 4 is 5.91 Å². The number of likely N-dealkylation sites (tertiary alicyclic amines) is 1. The Bertz CT molecular complexity index is 175. The van der Waals surface area contributed by atoms with Gasteiger partial charge in [0.2, 0.25) is 5.91 Å². The first kappa shape index (κ1) is 8.20. The first-order valence-corrected chi connectivity index (χ1v) is 3.51. The standard InChI is InChI=1S/C7H11FN2O/c8-6-4-10(5-6)3-1-2-7(9)11/h1-2,6H,3-5H2,(H2,9,11)/b2-1+. The highest BCUT2D eigenvalue weighted by Crippen LogP contribution is 2.09. The quantitative estimate of drug-likeness (QED) is 0.572. The number of halogens is 1. The van der Waals surface area contributed by atoms with Crippen molar-refractivity contribution in [2.75, 3.05) is 19.6 Å². The Kier molecular flexibility index (Phi) is 2.59. The maximum Gasteiger partial charge on any atom is 0.241 e. The Labute approximate surface area is 64.7 Å². The number of nitrogens with zero attached hydrogens (tertiary/aromatic N) is 1. The molecule has 0 saturated carbocycles. The van der Waals surface area contributed by atoms with E-state index in [0.717, 1.165) is 0 Å². The van der Waals surface area contributed by atoms with Crippen molar-refractivity contribution in [3.63, 3.8) is 0 Å². The molecule has 0 bridgehead atoms. The molecular formula is C7H11FN2O. The molecule has 0 radical (unpaired) electrons. The van der Waals surface area contributed by atoms with Gasteiger partial charge in [0, 0.05) is 19.6 Å². The highest BCUT2D eigenvalue weighted by atomic mass is 19.1. The van der Waals surface area contributed by atoms with Crippen molar-refractivity contribution < 1.29 is 9.18 Å². The third kappa shape index (κ3) is 2.67. The number of nitrogens with two attached hydrogens (primary N) is 1. The summed E-state index contributed by atoms with van der Waals surface area (Å²) in [5.41, 5.74) is 4.85. The number of carbonyl (C=O) groups is 1. The van der Waals surface area contributed by atoms with Crippen LogP contribution in [0, 0.1) is 0 Å². The first-order chi connectivity index (χ1) is 5.18. The van der Waals surface area contributed by atoms with Gasteiger partial charge in [-0.1, -0.05) is 6.08 Å². The van der Waals surface area contributed by atoms with E-state index in [1.54, 1.807) is 6.08 Å². The Morgan fingerprint density at radius 3 is 2.82 bits per heavy atom. The van der Waals surface area contributed by atoms with Gasteiger partial charge >= 0.3 is 0 Å². The molecular weight excluding hydrogens is 147 g/mol. The molecule has 0 unspecified atom stereocenters. The van der Waals surface area contributed by atoms with Crippen LogP contribution in [0.4, 0.5) is 4.39 Å². The third-order valence-corrected chi connectivity index (χ3v) is 1.56. The van der Waals surface area contributed by atoms with Crippen molar-refractivity contribution in [3.8, 4) is 0 Å². The molecule has 0 spiro atoms. The average Bonchev–Trinajstić information content (AvgIpc) is 1.83. The second kappa shape index (κ2) is 3.48. The fourth-order valence-corrected chi connectivity index (χ4v) is 0.974. The van der Waals surface area contributed by atoms with Crippen LogP contribution < -0.4 is 5.73 Å². The van der Waals surface area contributed by atoms with Crippen LogP contribution in [-0.4, -0.2) is 36.6 Å². The summed E-state index contributed by atoms with van der Waals surface area (Å²) < 4.78 is 12.2. The minimum atomic E-state index is -0.683. The summed E-state index contributed by atoms with van der Waals surface area (Å²) in [7, 11) is 0. The summed E-state index contributed by atoms with van der Waals surface area (Å²) in [6, 6.07) is 0. The maximum atomic E-state index is 12.2. The smallest absolute Gasteiger partial charge is 0.241 e. The van der Waals surface area contributed by atoms with E-state index in [1.165, 1.54) is 6.08 Å². The third-order valence-electron chi connectivity index (χ3n) is 1.56. The van der Waals surface area contributed by atoms with E-state index in [-0.39, 0.29) is 0 Å². The number of alkyl halides is 1. The van der Waals surface area contributed by atoms with Crippen LogP contribution in [0.25, 0.3) is 0 Å². The van der Waals surface area contributed by atoms with E-state index in [1.807, 2.05) is 4.90 Å². The van der Waals surface area contributed by atoms with Crippen LogP contribution >= 0.6 is 0 Å². The lowest BCUT2D eigenvalue weighted by Crippen LogP contribution is -2.48. The highest BCUT2D eigenvalue weighted by Gasteiger charge is 2.24. The van der Waals surface area contributed by atoms with Gasteiger partial charge in [-0.25, -0.2) is 4.39 Å². The zero-order chi connectivity index (χ0) is 8.27. The topological polar surface area (TPSA) is 46.3 Å². The molecule has 4 heteroatoms. The van der Waals surface area contributed by atoms with Gasteiger partial charge < -0.3 is 5.73 Å². The maximum absolute atomic E-state index is 12.2. The Hall–Kier alpha value is -0.900. The molecule has 0 aliphatic carbocycles. The lowest BCUT2D eigenvalue weighted by molar-refractivity contribution is -0.113. The molecule has 1 saturated heterocycles. The molecule has 1 heterocycles. The number of rotatable bonds is 3. The molecule has 0 aromatic carbocycles. The lowest BCUT2D eigenvalue weighted by Gasteiger charge is -2.33. The van der Waals surface area contributed by atoms with Crippen LogP contribution in [-0.2, 0) is 4.79 Å². The summed E-state index contributed by atoms with van der Waals surface area (Å²) in [6.45, 7) is 1.57. The summed E-state index contributed by atoms with van der Waals surface area (Å²) in [6.07, 6.45) is 2.26. The molecule has 1 amide bonds. The molecule has 0 aromatic rings. The number of hydrogen-bond acceptors (Lipinski definition) is 2. The molecule has 1 aliphatic heterocycles. The summed E-state index contributed by atoms with van der Waals surface area (Å²) in [5.74, 6) is -0.456. The number of amides is 1. The van der Waals surface area contributed by atoms with Crippen LogP contribution in [0.2, 0.25) is 0 Å². The highest BCUT2D eigenvalue weighted by molar-refractivity contribution is 5.85. The number of carbonyl (C=O) groups excluding carboxylic acids is 1. The molecule has 1 fully saturated rings. The minimum absolute atomic E-state index is 0.456. The Morgan fingerprint density at radius 2 is 2.36 bits per heavy atom. The predicted octanol–water partition coefficient (Wildman–Crippen LogP) is -0.318.